The average Bonchev–Trinajstić information content (AvgIpc) is 2.71. The summed E-state index contributed by atoms with van der Waals surface area (Å²) < 4.78 is 14.6. The molecule has 0 aliphatic carbocycles. The Balaban J connectivity index is 1.82. The molecule has 0 N–H and O–H groups in total. The van der Waals surface area contributed by atoms with Crippen molar-refractivity contribution in [2.24, 2.45) is 0 Å². The molecule has 0 fully saturated rings. The Morgan fingerprint density at radius 1 is 1.05 bits per heavy atom. The highest BCUT2D eigenvalue weighted by molar-refractivity contribution is 9.10. The summed E-state index contributed by atoms with van der Waals surface area (Å²) in [7, 11) is 0. The van der Waals surface area contributed by atoms with Gasteiger partial charge in [0.15, 0.2) is 0 Å². The van der Waals surface area contributed by atoms with Crippen LogP contribution in [0.15, 0.2) is 46.9 Å². The Morgan fingerprint density at radius 2 is 1.67 bits per heavy atom. The Bertz CT molecular complexity index is 659. The van der Waals surface area contributed by atoms with Crippen molar-refractivity contribution in [2.45, 2.75) is 12.8 Å². The minimum absolute atomic E-state index is 0.135. The van der Waals surface area contributed by atoms with Gasteiger partial charge in [-0.1, -0.05) is 40.2 Å². The van der Waals surface area contributed by atoms with Gasteiger partial charge in [0.2, 0.25) is 0 Å². The van der Waals surface area contributed by atoms with Crippen LogP contribution < -0.4 is 0 Å². The molecule has 2 aromatic carbocycles. The highest BCUT2D eigenvalue weighted by Crippen LogP contribution is 2.20. The molecule has 2 aromatic rings. The molecule has 3 rings (SSSR count). The van der Waals surface area contributed by atoms with Crippen molar-refractivity contribution in [3.05, 3.63) is 69.4 Å². The number of halogens is 2. The van der Waals surface area contributed by atoms with Crippen molar-refractivity contribution in [1.29, 1.82) is 0 Å². The fraction of sp³-hybridized carbons (Fsp3) is 0.235. The largest absolute Gasteiger partial charge is 0.338 e. The maximum absolute atomic E-state index is 13.9. The number of hydrogen-bond donors (Lipinski definition) is 0. The zero-order valence-electron chi connectivity index (χ0n) is 11.5. The van der Waals surface area contributed by atoms with Crippen molar-refractivity contribution in [3.63, 3.8) is 0 Å². The smallest absolute Gasteiger partial charge is 0.256 e. The summed E-state index contributed by atoms with van der Waals surface area (Å²) in [5, 5.41) is 0. The van der Waals surface area contributed by atoms with Crippen molar-refractivity contribution in [3.8, 4) is 0 Å². The van der Waals surface area contributed by atoms with Crippen LogP contribution in [0.3, 0.4) is 0 Å². The highest BCUT2D eigenvalue weighted by Gasteiger charge is 2.22. The van der Waals surface area contributed by atoms with Gasteiger partial charge in [-0.25, -0.2) is 4.39 Å². The van der Waals surface area contributed by atoms with Gasteiger partial charge in [-0.3, -0.25) is 4.79 Å². The monoisotopic (exact) mass is 347 g/mol. The summed E-state index contributed by atoms with van der Waals surface area (Å²) in [5.74, 6) is -0.702. The molecule has 4 heteroatoms. The molecule has 0 spiro atoms. The van der Waals surface area contributed by atoms with Crippen LogP contribution in [0.1, 0.15) is 21.5 Å². The van der Waals surface area contributed by atoms with E-state index < -0.39 is 5.82 Å². The van der Waals surface area contributed by atoms with E-state index in [9.17, 15) is 9.18 Å². The third-order valence-electron chi connectivity index (χ3n) is 3.87. The van der Waals surface area contributed by atoms with E-state index in [-0.39, 0.29) is 11.5 Å². The van der Waals surface area contributed by atoms with Gasteiger partial charge in [-0.15, -0.1) is 0 Å². The number of benzene rings is 2. The van der Waals surface area contributed by atoms with E-state index in [2.05, 4.69) is 28.1 Å². The molecular weight excluding hydrogens is 333 g/mol. The Morgan fingerprint density at radius 3 is 2.29 bits per heavy atom. The molecule has 2 nitrogen and oxygen atoms in total. The summed E-state index contributed by atoms with van der Waals surface area (Å²) >= 11 is 3.29. The Kier molecular flexibility index (Phi) is 4.06. The molecule has 1 amide bonds. The summed E-state index contributed by atoms with van der Waals surface area (Å²) in [6, 6.07) is 12.7. The van der Waals surface area contributed by atoms with Crippen molar-refractivity contribution < 1.29 is 9.18 Å². The van der Waals surface area contributed by atoms with Gasteiger partial charge < -0.3 is 4.90 Å². The first-order valence-electron chi connectivity index (χ1n) is 6.96. The number of carbonyl (C=O) groups is 1. The molecule has 1 aliphatic rings. The van der Waals surface area contributed by atoms with E-state index in [1.807, 2.05) is 12.1 Å². The maximum atomic E-state index is 13.9. The van der Waals surface area contributed by atoms with Gasteiger partial charge in [-0.05, 0) is 42.2 Å². The third kappa shape index (κ3) is 3.00. The third-order valence-corrected chi connectivity index (χ3v) is 4.36. The van der Waals surface area contributed by atoms with Crippen molar-refractivity contribution in [1.82, 2.24) is 4.90 Å². The number of nitrogens with zero attached hydrogens (tertiary/aromatic N) is 1. The molecule has 21 heavy (non-hydrogen) atoms. The molecule has 0 atom stereocenters. The minimum Gasteiger partial charge on any atom is -0.338 e. The molecule has 1 aliphatic heterocycles. The first-order chi connectivity index (χ1) is 10.1. The van der Waals surface area contributed by atoms with Gasteiger partial charge in [0, 0.05) is 17.6 Å². The second kappa shape index (κ2) is 5.98. The Hall–Kier alpha value is -1.68. The van der Waals surface area contributed by atoms with E-state index in [1.54, 1.807) is 17.0 Å². The van der Waals surface area contributed by atoms with E-state index in [4.69, 9.17) is 0 Å². The molecule has 0 bridgehead atoms. The number of amides is 1. The Labute approximate surface area is 131 Å². The van der Waals surface area contributed by atoms with Crippen LogP contribution in [-0.2, 0) is 12.8 Å². The summed E-state index contributed by atoms with van der Waals surface area (Å²) in [4.78, 5) is 14.3. The fourth-order valence-electron chi connectivity index (χ4n) is 2.70. The van der Waals surface area contributed by atoms with Gasteiger partial charge >= 0.3 is 0 Å². The maximum Gasteiger partial charge on any atom is 0.256 e. The number of hydrogen-bond acceptors (Lipinski definition) is 1. The molecule has 0 radical (unpaired) electrons. The lowest BCUT2D eigenvalue weighted by Crippen LogP contribution is -2.33. The number of fused-ring (bicyclic) bond motifs is 1. The summed E-state index contributed by atoms with van der Waals surface area (Å²) in [5.41, 5.74) is 2.69. The van der Waals surface area contributed by atoms with Crippen LogP contribution in [0.4, 0.5) is 4.39 Å². The first-order valence-corrected chi connectivity index (χ1v) is 7.75. The molecule has 0 saturated carbocycles. The van der Waals surface area contributed by atoms with Crippen LogP contribution in [0, 0.1) is 5.82 Å². The van der Waals surface area contributed by atoms with Crippen LogP contribution in [-0.4, -0.2) is 23.9 Å². The lowest BCUT2D eigenvalue weighted by atomic mass is 10.0. The highest BCUT2D eigenvalue weighted by atomic mass is 79.9. The lowest BCUT2D eigenvalue weighted by Gasteiger charge is -2.20. The zero-order valence-corrected chi connectivity index (χ0v) is 13.1. The fourth-order valence-corrected chi connectivity index (χ4v) is 3.06. The van der Waals surface area contributed by atoms with Crippen LogP contribution >= 0.6 is 15.9 Å². The SMILES string of the molecule is O=C(c1cc(Br)ccc1F)N1CCc2ccccc2CC1. The molecule has 1 heterocycles. The average molecular weight is 348 g/mol. The molecule has 0 aromatic heterocycles. The number of rotatable bonds is 1. The van der Waals surface area contributed by atoms with Crippen molar-refractivity contribution in [2.75, 3.05) is 13.1 Å². The van der Waals surface area contributed by atoms with Gasteiger partial charge in [0.25, 0.3) is 5.91 Å². The lowest BCUT2D eigenvalue weighted by molar-refractivity contribution is 0.0758. The van der Waals surface area contributed by atoms with E-state index in [0.717, 1.165) is 12.8 Å². The van der Waals surface area contributed by atoms with Crippen LogP contribution in [0.25, 0.3) is 0 Å². The van der Waals surface area contributed by atoms with E-state index in [1.165, 1.54) is 17.2 Å². The van der Waals surface area contributed by atoms with Crippen LogP contribution in [0.2, 0.25) is 0 Å². The number of carbonyl (C=O) groups excluding carboxylic acids is 1. The normalized spacial score (nSPS) is 14.5. The van der Waals surface area contributed by atoms with Gasteiger partial charge in [-0.2, -0.15) is 0 Å². The van der Waals surface area contributed by atoms with Crippen molar-refractivity contribution >= 4 is 21.8 Å². The van der Waals surface area contributed by atoms with Crippen LogP contribution in [0.5, 0.6) is 0 Å². The first kappa shape index (κ1) is 14.3. The predicted octanol–water partition coefficient (Wildman–Crippen LogP) is 3.83. The summed E-state index contributed by atoms with van der Waals surface area (Å²) in [6.07, 6.45) is 1.63. The van der Waals surface area contributed by atoms with E-state index >= 15 is 0 Å². The van der Waals surface area contributed by atoms with Gasteiger partial charge in [0.1, 0.15) is 5.82 Å². The summed E-state index contributed by atoms with van der Waals surface area (Å²) in [6.45, 7) is 1.25. The second-order valence-electron chi connectivity index (χ2n) is 5.19. The second-order valence-corrected chi connectivity index (χ2v) is 6.10. The molecular formula is C17H15BrFNO. The standard InChI is InChI=1S/C17H15BrFNO/c18-14-5-6-16(19)15(11-14)17(21)20-9-7-12-3-1-2-4-13(12)8-10-20/h1-6,11H,7-10H2. The van der Waals surface area contributed by atoms with Gasteiger partial charge in [0.05, 0.1) is 5.56 Å². The quantitative estimate of drug-likeness (QED) is 0.767. The predicted molar refractivity (Wildman–Crippen MR) is 83.9 cm³/mol. The molecule has 0 saturated heterocycles. The minimum atomic E-state index is -0.468. The zero-order chi connectivity index (χ0) is 14.8. The van der Waals surface area contributed by atoms with E-state index in [0.29, 0.717) is 17.6 Å². The molecule has 108 valence electrons. The molecule has 0 unspecified atom stereocenters. The topological polar surface area (TPSA) is 20.3 Å².